The highest BCUT2D eigenvalue weighted by Gasteiger charge is 2.27. The quantitative estimate of drug-likeness (QED) is 0.516. The second-order valence-corrected chi connectivity index (χ2v) is 9.54. The number of carbonyl (C=O) groups excluding carboxylic acids is 1. The molecule has 9 heteroatoms. The van der Waals surface area contributed by atoms with Crippen LogP contribution < -0.4 is 21.7 Å². The number of carbonyl (C=O) groups is 1. The summed E-state index contributed by atoms with van der Waals surface area (Å²) in [6, 6.07) is 6.02. The molecule has 3 aromatic rings. The molecule has 0 saturated carbocycles. The van der Waals surface area contributed by atoms with Gasteiger partial charge in [-0.05, 0) is 61.5 Å². The number of nitrogens with two attached hydrogens (primary N) is 1. The molecular weight excluding hydrogens is 434 g/mol. The lowest BCUT2D eigenvalue weighted by Gasteiger charge is -2.31. The third kappa shape index (κ3) is 4.40. The number of methoxy groups -OCH3 is 1. The Labute approximate surface area is 198 Å². The highest BCUT2D eigenvalue weighted by molar-refractivity contribution is 6.01. The van der Waals surface area contributed by atoms with Crippen LogP contribution in [0.3, 0.4) is 0 Å². The standard InChI is InChI=1S/C25H33N5O4/c1-15(2)13-30-23(26)22(24(32)28(3)25(30)33)21(31)14-29-9-7-16(8-10-29)19-12-27-20-6-5-17(34-4)11-18(19)20/h5-6,11-12,15-16,27H,7-10,13-14,26H2,1-4H3. The third-order valence-corrected chi connectivity index (χ3v) is 6.73. The fraction of sp³-hybridized carbons (Fsp3) is 0.480. The molecule has 1 fully saturated rings. The molecule has 0 unspecified atom stereocenters. The van der Waals surface area contributed by atoms with Crippen molar-refractivity contribution in [2.75, 3.05) is 32.5 Å². The molecule has 1 aromatic carbocycles. The highest BCUT2D eigenvalue weighted by atomic mass is 16.5. The summed E-state index contributed by atoms with van der Waals surface area (Å²) in [5.74, 6) is 0.969. The van der Waals surface area contributed by atoms with Crippen LogP contribution in [0.25, 0.3) is 10.9 Å². The van der Waals surface area contributed by atoms with Gasteiger partial charge in [-0.25, -0.2) is 4.79 Å². The Balaban J connectivity index is 1.49. The van der Waals surface area contributed by atoms with Crippen molar-refractivity contribution < 1.29 is 9.53 Å². The van der Waals surface area contributed by atoms with E-state index in [-0.39, 0.29) is 29.6 Å². The van der Waals surface area contributed by atoms with Gasteiger partial charge in [-0.1, -0.05) is 13.8 Å². The first-order chi connectivity index (χ1) is 16.2. The number of benzene rings is 1. The van der Waals surface area contributed by atoms with Gasteiger partial charge in [-0.15, -0.1) is 0 Å². The van der Waals surface area contributed by atoms with E-state index >= 15 is 0 Å². The third-order valence-electron chi connectivity index (χ3n) is 6.73. The van der Waals surface area contributed by atoms with Gasteiger partial charge in [0.05, 0.1) is 13.7 Å². The number of ketones is 1. The van der Waals surface area contributed by atoms with E-state index in [9.17, 15) is 14.4 Å². The molecule has 0 atom stereocenters. The Kier molecular flexibility index (Phi) is 6.65. The van der Waals surface area contributed by atoms with Crippen LogP contribution in [0.4, 0.5) is 5.82 Å². The van der Waals surface area contributed by atoms with Crippen molar-refractivity contribution >= 4 is 22.5 Å². The molecule has 1 saturated heterocycles. The SMILES string of the molecule is COc1ccc2[nH]cc(C3CCN(CC(=O)c4c(N)n(CC(C)C)c(=O)n(C)c4=O)CC3)c2c1. The van der Waals surface area contributed by atoms with Crippen molar-refractivity contribution in [3.63, 3.8) is 0 Å². The minimum Gasteiger partial charge on any atom is -0.497 e. The van der Waals surface area contributed by atoms with Gasteiger partial charge >= 0.3 is 5.69 Å². The number of rotatable bonds is 7. The minimum atomic E-state index is -0.630. The molecule has 1 aliphatic heterocycles. The second kappa shape index (κ2) is 9.50. The lowest BCUT2D eigenvalue weighted by atomic mass is 9.89. The Bertz CT molecular complexity index is 1330. The number of nitrogens with zero attached hydrogens (tertiary/aromatic N) is 3. The fourth-order valence-electron chi connectivity index (χ4n) is 4.86. The van der Waals surface area contributed by atoms with Crippen LogP contribution in [0.1, 0.15) is 48.5 Å². The van der Waals surface area contributed by atoms with Gasteiger partial charge in [0.2, 0.25) is 0 Å². The first-order valence-electron chi connectivity index (χ1n) is 11.7. The summed E-state index contributed by atoms with van der Waals surface area (Å²) in [4.78, 5) is 43.8. The van der Waals surface area contributed by atoms with Gasteiger partial charge in [0.15, 0.2) is 5.78 Å². The lowest BCUT2D eigenvalue weighted by molar-refractivity contribution is 0.0907. The number of hydrogen-bond acceptors (Lipinski definition) is 6. The molecule has 3 N–H and O–H groups in total. The van der Waals surface area contributed by atoms with Crippen LogP contribution in [-0.4, -0.2) is 51.5 Å². The molecule has 2 aromatic heterocycles. The van der Waals surface area contributed by atoms with E-state index in [2.05, 4.69) is 22.1 Å². The van der Waals surface area contributed by atoms with E-state index in [1.165, 1.54) is 17.2 Å². The molecule has 9 nitrogen and oxygen atoms in total. The number of anilines is 1. The number of nitrogen functional groups attached to an aromatic ring is 1. The topological polar surface area (TPSA) is 115 Å². The Morgan fingerprint density at radius 3 is 2.59 bits per heavy atom. The van der Waals surface area contributed by atoms with E-state index in [1.54, 1.807) is 7.11 Å². The van der Waals surface area contributed by atoms with Crippen molar-refractivity contribution in [1.29, 1.82) is 0 Å². The number of nitrogens with one attached hydrogen (secondary N) is 1. The maximum Gasteiger partial charge on any atom is 0.332 e. The summed E-state index contributed by atoms with van der Waals surface area (Å²) in [7, 11) is 3.05. The van der Waals surface area contributed by atoms with Gasteiger partial charge < -0.3 is 15.5 Å². The molecular formula is C25H33N5O4. The Hall–Kier alpha value is -3.33. The summed E-state index contributed by atoms with van der Waals surface area (Å²) in [6.45, 7) is 5.82. The minimum absolute atomic E-state index is 0.0329. The number of Topliss-reactive ketones (excluding diaryl/α,β-unsaturated/α-hetero) is 1. The van der Waals surface area contributed by atoms with Gasteiger partial charge in [-0.3, -0.25) is 23.6 Å². The molecule has 4 rings (SSSR count). The Morgan fingerprint density at radius 2 is 1.94 bits per heavy atom. The van der Waals surface area contributed by atoms with Crippen molar-refractivity contribution in [3.05, 3.63) is 56.4 Å². The fourth-order valence-corrected chi connectivity index (χ4v) is 4.86. The van der Waals surface area contributed by atoms with Gasteiger partial charge in [-0.2, -0.15) is 0 Å². The Morgan fingerprint density at radius 1 is 1.24 bits per heavy atom. The van der Waals surface area contributed by atoms with Gasteiger partial charge in [0.25, 0.3) is 5.56 Å². The smallest absolute Gasteiger partial charge is 0.332 e. The molecule has 0 radical (unpaired) electrons. The van der Waals surface area contributed by atoms with Crippen LogP contribution in [0.15, 0.2) is 34.0 Å². The molecule has 182 valence electrons. The maximum atomic E-state index is 13.1. The van der Waals surface area contributed by atoms with Crippen molar-refractivity contribution in [2.45, 2.75) is 39.2 Å². The molecule has 3 heterocycles. The highest BCUT2D eigenvalue weighted by Crippen LogP contribution is 2.34. The first-order valence-corrected chi connectivity index (χ1v) is 11.7. The number of ether oxygens (including phenoxy) is 1. The number of aromatic nitrogens is 3. The number of fused-ring (bicyclic) bond motifs is 1. The maximum absolute atomic E-state index is 13.1. The van der Waals surface area contributed by atoms with Gasteiger partial charge in [0.1, 0.15) is 17.1 Å². The molecule has 0 aliphatic carbocycles. The van der Waals surface area contributed by atoms with Crippen molar-refractivity contribution in [3.8, 4) is 5.75 Å². The second-order valence-electron chi connectivity index (χ2n) is 9.54. The normalized spacial score (nSPS) is 15.3. The average Bonchev–Trinajstić information content (AvgIpc) is 3.24. The summed E-state index contributed by atoms with van der Waals surface area (Å²) in [6.07, 6.45) is 3.87. The van der Waals surface area contributed by atoms with E-state index in [1.807, 2.05) is 26.0 Å². The molecule has 34 heavy (non-hydrogen) atoms. The summed E-state index contributed by atoms with van der Waals surface area (Å²) < 4.78 is 7.69. The summed E-state index contributed by atoms with van der Waals surface area (Å²) >= 11 is 0. The zero-order valence-corrected chi connectivity index (χ0v) is 20.3. The van der Waals surface area contributed by atoms with Crippen molar-refractivity contribution in [1.82, 2.24) is 19.0 Å². The van der Waals surface area contributed by atoms with E-state index < -0.39 is 11.2 Å². The lowest BCUT2D eigenvalue weighted by Crippen LogP contribution is -2.45. The van der Waals surface area contributed by atoms with Crippen LogP contribution in [0.2, 0.25) is 0 Å². The number of aromatic amines is 1. The number of likely N-dealkylation sites (tertiary alicyclic amines) is 1. The van der Waals surface area contributed by atoms with Crippen molar-refractivity contribution in [2.24, 2.45) is 13.0 Å². The van der Waals surface area contributed by atoms with Gasteiger partial charge in [0, 0.05) is 30.7 Å². The zero-order valence-electron chi connectivity index (χ0n) is 20.3. The van der Waals surface area contributed by atoms with Crippen LogP contribution in [0.5, 0.6) is 5.75 Å². The van der Waals surface area contributed by atoms with E-state index in [0.717, 1.165) is 47.2 Å². The average molecular weight is 468 g/mol. The molecule has 0 bridgehead atoms. The predicted molar refractivity (Wildman–Crippen MR) is 133 cm³/mol. The number of hydrogen-bond donors (Lipinski definition) is 2. The van der Waals surface area contributed by atoms with E-state index in [0.29, 0.717) is 12.5 Å². The largest absolute Gasteiger partial charge is 0.497 e. The molecule has 1 aliphatic rings. The van der Waals surface area contributed by atoms with Crippen LogP contribution in [0, 0.1) is 5.92 Å². The summed E-state index contributed by atoms with van der Waals surface area (Å²) in [5.41, 5.74) is 7.29. The number of H-pyrrole nitrogens is 1. The zero-order chi connectivity index (χ0) is 24.6. The first kappa shape index (κ1) is 23.8. The predicted octanol–water partition coefficient (Wildman–Crippen LogP) is 2.34. The monoisotopic (exact) mass is 467 g/mol. The number of piperidine rings is 1. The summed E-state index contributed by atoms with van der Waals surface area (Å²) in [5, 5.41) is 1.16. The molecule has 0 spiro atoms. The van der Waals surface area contributed by atoms with Crippen LogP contribution in [-0.2, 0) is 13.6 Å². The van der Waals surface area contributed by atoms with Crippen LogP contribution >= 0.6 is 0 Å². The molecule has 0 amide bonds. The van der Waals surface area contributed by atoms with E-state index in [4.69, 9.17) is 10.5 Å².